The summed E-state index contributed by atoms with van der Waals surface area (Å²) in [5, 5.41) is 0.935. The quantitative estimate of drug-likeness (QED) is 0.492. The van der Waals surface area contributed by atoms with Crippen LogP contribution in [0.15, 0.2) is 71.5 Å². The first-order valence-electron chi connectivity index (χ1n) is 9.46. The van der Waals surface area contributed by atoms with Crippen molar-refractivity contribution in [2.24, 2.45) is 5.92 Å². The third-order valence-electron chi connectivity index (χ3n) is 5.14. The molecule has 1 aromatic carbocycles. The van der Waals surface area contributed by atoms with Gasteiger partial charge in [0.2, 0.25) is 0 Å². The molecule has 1 aromatic rings. The maximum atomic E-state index is 13.7. The number of carbonyl (C=O) groups excluding carboxylic acids is 2. The fraction of sp³-hybridized carbons (Fsp3) is 0.304. The molecule has 0 spiro atoms. The summed E-state index contributed by atoms with van der Waals surface area (Å²) in [4.78, 5) is 24.6. The number of imide groups is 1. The van der Waals surface area contributed by atoms with Gasteiger partial charge in [0, 0.05) is 22.4 Å². The second kappa shape index (κ2) is 9.45. The third-order valence-corrected chi connectivity index (χ3v) is 5.14. The summed E-state index contributed by atoms with van der Waals surface area (Å²) < 4.78 is 27.4. The summed E-state index contributed by atoms with van der Waals surface area (Å²) >= 11 is 0. The molecule has 29 heavy (non-hydrogen) atoms. The Bertz CT molecular complexity index is 875. The van der Waals surface area contributed by atoms with Crippen LogP contribution in [0.25, 0.3) is 5.57 Å². The lowest BCUT2D eigenvalue weighted by Crippen LogP contribution is -2.44. The molecule has 1 unspecified atom stereocenters. The fourth-order valence-corrected chi connectivity index (χ4v) is 2.80. The lowest BCUT2D eigenvalue weighted by Gasteiger charge is -2.23. The van der Waals surface area contributed by atoms with Gasteiger partial charge >= 0.3 is 0 Å². The number of hydrogen-bond acceptors (Lipinski definition) is 3. The molecule has 154 valence electrons. The number of benzene rings is 1. The first-order chi connectivity index (χ1) is 13.7. The van der Waals surface area contributed by atoms with E-state index < -0.39 is 18.2 Å². The predicted molar refractivity (Wildman–Crippen MR) is 110 cm³/mol. The highest BCUT2D eigenvalue weighted by Crippen LogP contribution is 2.27. The maximum Gasteiger partial charge on any atom is 0.275 e. The number of nitrogens with zero attached hydrogens (tertiary/aromatic N) is 1. The summed E-state index contributed by atoms with van der Waals surface area (Å²) in [7, 11) is 0. The van der Waals surface area contributed by atoms with Crippen molar-refractivity contribution in [2.75, 3.05) is 0 Å². The molecule has 1 heterocycles. The Morgan fingerprint density at radius 3 is 2.14 bits per heavy atom. The van der Waals surface area contributed by atoms with Gasteiger partial charge in [-0.3, -0.25) is 15.0 Å². The maximum absolute atomic E-state index is 13.7. The molecule has 0 aromatic heterocycles. The lowest BCUT2D eigenvalue weighted by molar-refractivity contribution is -0.140. The average Bonchev–Trinajstić information content (AvgIpc) is 2.90. The van der Waals surface area contributed by atoms with E-state index in [9.17, 15) is 18.4 Å². The Labute approximate surface area is 170 Å². The molecule has 1 aliphatic rings. The number of allylic oxidation sites excluding steroid dienone is 5. The number of nitrogens with one attached hydrogen (secondary N) is 1. The smallest absolute Gasteiger partial charge is 0.275 e. The molecular formula is C23H26F2N2O2. The van der Waals surface area contributed by atoms with Crippen molar-refractivity contribution in [1.82, 2.24) is 10.4 Å². The number of carbonyl (C=O) groups is 2. The van der Waals surface area contributed by atoms with Crippen molar-refractivity contribution in [3.05, 3.63) is 77.0 Å². The number of hydrazine groups is 1. The van der Waals surface area contributed by atoms with Gasteiger partial charge in [0.15, 0.2) is 0 Å². The van der Waals surface area contributed by atoms with Gasteiger partial charge in [0.05, 0.1) is 0 Å². The Hall–Kier alpha value is -3.02. The standard InChI is InChI=1S/C23H26F2N2O2/c1-6-14(2)20(26-27-22(28)15(3)16(4)23(27)29)13-12-19(21(24)25)17(5)18-10-8-7-9-11-18/h7-14,21,26H,5-6H2,1-4H3/b19-12+,20-13+. The van der Waals surface area contributed by atoms with Crippen LogP contribution >= 0.6 is 0 Å². The van der Waals surface area contributed by atoms with E-state index in [0.29, 0.717) is 28.8 Å². The van der Waals surface area contributed by atoms with Crippen molar-refractivity contribution in [3.8, 4) is 0 Å². The molecule has 2 rings (SSSR count). The van der Waals surface area contributed by atoms with Gasteiger partial charge in [-0.15, -0.1) is 0 Å². The Kier molecular flexibility index (Phi) is 7.26. The molecule has 0 radical (unpaired) electrons. The van der Waals surface area contributed by atoms with E-state index in [1.165, 1.54) is 12.2 Å². The molecule has 6 heteroatoms. The van der Waals surface area contributed by atoms with Crippen LogP contribution in [0, 0.1) is 5.92 Å². The Morgan fingerprint density at radius 1 is 1.10 bits per heavy atom. The molecule has 0 saturated carbocycles. The van der Waals surface area contributed by atoms with Gasteiger partial charge in [0.1, 0.15) is 0 Å². The zero-order chi connectivity index (χ0) is 21.7. The zero-order valence-corrected chi connectivity index (χ0v) is 17.1. The highest BCUT2D eigenvalue weighted by molar-refractivity contribution is 6.18. The van der Waals surface area contributed by atoms with Crippen molar-refractivity contribution in [2.45, 2.75) is 40.5 Å². The van der Waals surface area contributed by atoms with E-state index in [2.05, 4.69) is 12.0 Å². The monoisotopic (exact) mass is 400 g/mol. The molecule has 1 atom stereocenters. The summed E-state index contributed by atoms with van der Waals surface area (Å²) in [6.07, 6.45) is 0.760. The first-order valence-corrected chi connectivity index (χ1v) is 9.46. The van der Waals surface area contributed by atoms with E-state index in [1.54, 1.807) is 44.2 Å². The molecule has 0 aliphatic carbocycles. The molecule has 0 fully saturated rings. The topological polar surface area (TPSA) is 49.4 Å². The molecule has 1 aliphatic heterocycles. The van der Waals surface area contributed by atoms with Gasteiger partial charge in [0.25, 0.3) is 18.2 Å². The second-order valence-corrected chi connectivity index (χ2v) is 7.01. The van der Waals surface area contributed by atoms with Crippen LogP contribution in [0.5, 0.6) is 0 Å². The summed E-state index contributed by atoms with van der Waals surface area (Å²) in [6.45, 7) is 10.8. The van der Waals surface area contributed by atoms with Gasteiger partial charge in [-0.2, -0.15) is 5.01 Å². The molecule has 2 amide bonds. The predicted octanol–water partition coefficient (Wildman–Crippen LogP) is 5.03. The van der Waals surface area contributed by atoms with Crippen LogP contribution in [-0.4, -0.2) is 23.2 Å². The zero-order valence-electron chi connectivity index (χ0n) is 17.1. The Morgan fingerprint density at radius 2 is 1.66 bits per heavy atom. The van der Waals surface area contributed by atoms with Crippen molar-refractivity contribution >= 4 is 17.4 Å². The number of hydrogen-bond donors (Lipinski definition) is 1. The molecule has 1 N–H and O–H groups in total. The third kappa shape index (κ3) is 4.88. The number of halogens is 2. The molecular weight excluding hydrogens is 374 g/mol. The van der Waals surface area contributed by atoms with E-state index in [0.717, 1.165) is 5.01 Å². The van der Waals surface area contributed by atoms with E-state index in [4.69, 9.17) is 0 Å². The average molecular weight is 400 g/mol. The molecule has 4 nitrogen and oxygen atoms in total. The fourth-order valence-electron chi connectivity index (χ4n) is 2.80. The highest BCUT2D eigenvalue weighted by atomic mass is 19.3. The number of amides is 2. The minimum Gasteiger partial charge on any atom is -0.292 e. The van der Waals surface area contributed by atoms with Gasteiger partial charge in [-0.25, -0.2) is 8.78 Å². The van der Waals surface area contributed by atoms with E-state index in [-0.39, 0.29) is 17.1 Å². The van der Waals surface area contributed by atoms with Crippen molar-refractivity contribution in [3.63, 3.8) is 0 Å². The van der Waals surface area contributed by atoms with Crippen LogP contribution in [0.3, 0.4) is 0 Å². The normalized spacial score (nSPS) is 16.7. The number of alkyl halides is 2. The SMILES string of the molecule is C=C(/C(=C\C=C(\NN1C(=O)C(C)=C(C)C1=O)C(C)CC)C(F)F)c1ccccc1. The Balaban J connectivity index is 2.37. The van der Waals surface area contributed by atoms with Crippen LogP contribution in [-0.2, 0) is 9.59 Å². The largest absolute Gasteiger partial charge is 0.292 e. The first kappa shape index (κ1) is 22.3. The van der Waals surface area contributed by atoms with Crippen LogP contribution in [0.1, 0.15) is 39.7 Å². The summed E-state index contributed by atoms with van der Waals surface area (Å²) in [5.41, 5.74) is 4.67. The molecule has 0 saturated heterocycles. The van der Waals surface area contributed by atoms with E-state index >= 15 is 0 Å². The summed E-state index contributed by atoms with van der Waals surface area (Å²) in [6, 6.07) is 8.75. The van der Waals surface area contributed by atoms with Crippen molar-refractivity contribution in [1.29, 1.82) is 0 Å². The summed E-state index contributed by atoms with van der Waals surface area (Å²) in [5.74, 6) is -0.959. The van der Waals surface area contributed by atoms with Crippen molar-refractivity contribution < 1.29 is 18.4 Å². The van der Waals surface area contributed by atoms with Gasteiger partial charge in [-0.1, -0.05) is 56.8 Å². The highest BCUT2D eigenvalue weighted by Gasteiger charge is 2.34. The second-order valence-electron chi connectivity index (χ2n) is 7.01. The lowest BCUT2D eigenvalue weighted by atomic mass is 9.98. The molecule has 0 bridgehead atoms. The number of rotatable bonds is 8. The van der Waals surface area contributed by atoms with E-state index in [1.807, 2.05) is 13.8 Å². The minimum absolute atomic E-state index is 0.0861. The van der Waals surface area contributed by atoms with Gasteiger partial charge < -0.3 is 0 Å². The van der Waals surface area contributed by atoms with Crippen LogP contribution < -0.4 is 5.43 Å². The van der Waals surface area contributed by atoms with Crippen LogP contribution in [0.2, 0.25) is 0 Å². The minimum atomic E-state index is -2.72. The van der Waals surface area contributed by atoms with Gasteiger partial charge in [-0.05, 0) is 43.4 Å². The van der Waals surface area contributed by atoms with Crippen LogP contribution in [0.4, 0.5) is 8.78 Å².